The van der Waals surface area contributed by atoms with Crippen LogP contribution in [0.2, 0.25) is 0 Å². The summed E-state index contributed by atoms with van der Waals surface area (Å²) in [5.41, 5.74) is 1.44. The lowest BCUT2D eigenvalue weighted by Crippen LogP contribution is -2.39. The number of hydrogen-bond acceptors (Lipinski definition) is 4. The first-order valence-corrected chi connectivity index (χ1v) is 11.2. The summed E-state index contributed by atoms with van der Waals surface area (Å²) >= 11 is 0. The SMILES string of the molecule is O=C(NCC1CCCC(F)(F)C1)c1cccc(CN2CCS(=O)(=O)CC2)c1. The first kappa shape index (κ1) is 20.2. The average Bonchev–Trinajstić information content (AvgIpc) is 2.61. The Kier molecular flexibility index (Phi) is 6.15. The van der Waals surface area contributed by atoms with Gasteiger partial charge in [0.25, 0.3) is 5.91 Å². The van der Waals surface area contributed by atoms with Crippen LogP contribution in [0.5, 0.6) is 0 Å². The number of rotatable bonds is 5. The molecule has 1 aliphatic heterocycles. The minimum Gasteiger partial charge on any atom is -0.352 e. The van der Waals surface area contributed by atoms with Crippen LogP contribution < -0.4 is 5.32 Å². The maximum atomic E-state index is 13.5. The van der Waals surface area contributed by atoms with Crippen LogP contribution in [-0.4, -0.2) is 56.3 Å². The van der Waals surface area contributed by atoms with Crippen molar-refractivity contribution in [2.75, 3.05) is 31.1 Å². The molecule has 1 amide bonds. The van der Waals surface area contributed by atoms with Gasteiger partial charge in [0.15, 0.2) is 9.84 Å². The minimum absolute atomic E-state index is 0.0582. The van der Waals surface area contributed by atoms with E-state index in [4.69, 9.17) is 0 Å². The van der Waals surface area contributed by atoms with E-state index in [1.807, 2.05) is 6.07 Å². The Morgan fingerprint density at radius 2 is 2.00 bits per heavy atom. The van der Waals surface area contributed by atoms with Gasteiger partial charge in [0, 0.05) is 44.6 Å². The minimum atomic E-state index is -2.92. The molecule has 1 saturated heterocycles. The summed E-state index contributed by atoms with van der Waals surface area (Å²) in [5, 5.41) is 2.78. The number of halogens is 2. The number of carbonyl (C=O) groups excluding carboxylic acids is 1. The van der Waals surface area contributed by atoms with E-state index >= 15 is 0 Å². The highest BCUT2D eigenvalue weighted by Crippen LogP contribution is 2.36. The molecule has 0 radical (unpaired) electrons. The lowest BCUT2D eigenvalue weighted by Gasteiger charge is -2.29. The van der Waals surface area contributed by atoms with E-state index in [0.717, 1.165) is 5.56 Å². The molecule has 0 bridgehead atoms. The summed E-state index contributed by atoms with van der Waals surface area (Å²) in [7, 11) is -2.92. The topological polar surface area (TPSA) is 66.5 Å². The van der Waals surface area contributed by atoms with Crippen LogP contribution >= 0.6 is 0 Å². The molecule has 1 atom stereocenters. The third-order valence-electron chi connectivity index (χ3n) is 5.33. The van der Waals surface area contributed by atoms with Crippen molar-refractivity contribution < 1.29 is 22.0 Å². The number of nitrogens with one attached hydrogen (secondary N) is 1. The standard InChI is InChI=1S/C19H26F2N2O3S/c20-19(21)6-2-4-16(12-19)13-22-18(24)17-5-1-3-15(11-17)14-23-7-9-27(25,26)10-8-23/h1,3,5,11,16H,2,4,6-10,12-14H2,(H,22,24). The summed E-state index contributed by atoms with van der Waals surface area (Å²) < 4.78 is 50.0. The molecule has 150 valence electrons. The van der Waals surface area contributed by atoms with E-state index in [9.17, 15) is 22.0 Å². The molecule has 8 heteroatoms. The summed E-state index contributed by atoms with van der Waals surface area (Å²) in [6.07, 6.45) is 0.991. The van der Waals surface area contributed by atoms with Crippen LogP contribution in [0.25, 0.3) is 0 Å². The van der Waals surface area contributed by atoms with Gasteiger partial charge in [-0.25, -0.2) is 17.2 Å². The van der Waals surface area contributed by atoms with Crippen molar-refractivity contribution in [2.24, 2.45) is 5.92 Å². The number of sulfone groups is 1. The number of benzene rings is 1. The molecule has 0 spiro atoms. The zero-order valence-corrected chi connectivity index (χ0v) is 16.1. The molecule has 1 heterocycles. The first-order valence-electron chi connectivity index (χ1n) is 9.40. The first-order chi connectivity index (χ1) is 12.7. The average molecular weight is 400 g/mol. The quantitative estimate of drug-likeness (QED) is 0.825. The third kappa shape index (κ3) is 5.97. The molecule has 1 saturated carbocycles. The molecule has 1 aliphatic carbocycles. The fraction of sp³-hybridized carbons (Fsp3) is 0.632. The van der Waals surface area contributed by atoms with Crippen molar-refractivity contribution in [1.29, 1.82) is 0 Å². The number of carbonyl (C=O) groups is 1. The predicted octanol–water partition coefficient (Wildman–Crippen LogP) is 2.47. The van der Waals surface area contributed by atoms with Gasteiger partial charge in [-0.2, -0.15) is 0 Å². The van der Waals surface area contributed by atoms with Gasteiger partial charge in [-0.15, -0.1) is 0 Å². The Balaban J connectivity index is 1.53. The maximum absolute atomic E-state index is 13.5. The van der Waals surface area contributed by atoms with Crippen molar-refractivity contribution in [2.45, 2.75) is 38.2 Å². The normalized spacial score (nSPS) is 25.0. The van der Waals surface area contributed by atoms with Gasteiger partial charge in [-0.1, -0.05) is 12.1 Å². The van der Waals surface area contributed by atoms with Crippen molar-refractivity contribution >= 4 is 15.7 Å². The van der Waals surface area contributed by atoms with Crippen LogP contribution in [0.4, 0.5) is 8.78 Å². The third-order valence-corrected chi connectivity index (χ3v) is 6.94. The molecule has 1 aromatic carbocycles. The van der Waals surface area contributed by atoms with E-state index in [-0.39, 0.29) is 42.7 Å². The molecular formula is C19H26F2N2O3S. The zero-order chi connectivity index (χ0) is 19.5. The maximum Gasteiger partial charge on any atom is 0.251 e. The molecule has 1 unspecified atom stereocenters. The molecule has 2 fully saturated rings. The number of hydrogen-bond donors (Lipinski definition) is 1. The largest absolute Gasteiger partial charge is 0.352 e. The van der Waals surface area contributed by atoms with Crippen LogP contribution in [0, 0.1) is 5.92 Å². The van der Waals surface area contributed by atoms with Crippen LogP contribution in [0.15, 0.2) is 24.3 Å². The van der Waals surface area contributed by atoms with E-state index in [1.54, 1.807) is 18.2 Å². The van der Waals surface area contributed by atoms with E-state index in [2.05, 4.69) is 10.2 Å². The Morgan fingerprint density at radius 1 is 1.26 bits per heavy atom. The fourth-order valence-corrected chi connectivity index (χ4v) is 5.04. The van der Waals surface area contributed by atoms with E-state index in [0.29, 0.717) is 38.0 Å². The van der Waals surface area contributed by atoms with Crippen LogP contribution in [0.1, 0.15) is 41.6 Å². The van der Waals surface area contributed by atoms with Crippen molar-refractivity contribution in [1.82, 2.24) is 10.2 Å². The van der Waals surface area contributed by atoms with Crippen molar-refractivity contribution in [3.63, 3.8) is 0 Å². The summed E-state index contributed by atoms with van der Waals surface area (Å²) in [4.78, 5) is 14.4. The lowest BCUT2D eigenvalue weighted by atomic mass is 9.86. The lowest BCUT2D eigenvalue weighted by molar-refractivity contribution is -0.0518. The Labute approximate surface area is 159 Å². The highest BCUT2D eigenvalue weighted by molar-refractivity contribution is 7.91. The molecule has 2 aliphatic rings. The van der Waals surface area contributed by atoms with Gasteiger partial charge < -0.3 is 5.32 Å². The van der Waals surface area contributed by atoms with E-state index in [1.165, 1.54) is 0 Å². The number of alkyl halides is 2. The molecule has 0 aromatic heterocycles. The summed E-state index contributed by atoms with van der Waals surface area (Å²) in [6.45, 7) is 1.84. The smallest absolute Gasteiger partial charge is 0.251 e. The molecule has 5 nitrogen and oxygen atoms in total. The van der Waals surface area contributed by atoms with Crippen LogP contribution in [-0.2, 0) is 16.4 Å². The van der Waals surface area contributed by atoms with Gasteiger partial charge >= 0.3 is 0 Å². The van der Waals surface area contributed by atoms with Crippen LogP contribution in [0.3, 0.4) is 0 Å². The second-order valence-electron chi connectivity index (χ2n) is 7.66. The summed E-state index contributed by atoms with van der Waals surface area (Å²) in [5.74, 6) is -2.73. The Morgan fingerprint density at radius 3 is 2.70 bits per heavy atom. The van der Waals surface area contributed by atoms with Crippen molar-refractivity contribution in [3.05, 3.63) is 35.4 Å². The van der Waals surface area contributed by atoms with Crippen molar-refractivity contribution in [3.8, 4) is 0 Å². The van der Waals surface area contributed by atoms with Gasteiger partial charge in [0.2, 0.25) is 5.92 Å². The van der Waals surface area contributed by atoms with Gasteiger partial charge in [-0.3, -0.25) is 9.69 Å². The molecule has 1 N–H and O–H groups in total. The zero-order valence-electron chi connectivity index (χ0n) is 15.3. The Bertz CT molecular complexity index is 769. The van der Waals surface area contributed by atoms with Gasteiger partial charge in [-0.05, 0) is 36.5 Å². The second kappa shape index (κ2) is 8.22. The molecule has 27 heavy (non-hydrogen) atoms. The highest BCUT2D eigenvalue weighted by Gasteiger charge is 2.36. The Hall–Kier alpha value is -1.54. The predicted molar refractivity (Wildman–Crippen MR) is 99.6 cm³/mol. The molecule has 1 aromatic rings. The van der Waals surface area contributed by atoms with E-state index < -0.39 is 15.8 Å². The fourth-order valence-electron chi connectivity index (χ4n) is 3.77. The summed E-state index contributed by atoms with van der Waals surface area (Å²) in [6, 6.07) is 7.18. The molecule has 3 rings (SSSR count). The highest BCUT2D eigenvalue weighted by atomic mass is 32.2. The molecular weight excluding hydrogens is 374 g/mol. The number of nitrogens with zero attached hydrogens (tertiary/aromatic N) is 1. The second-order valence-corrected chi connectivity index (χ2v) is 9.96. The van der Waals surface area contributed by atoms with Gasteiger partial charge in [0.05, 0.1) is 11.5 Å². The van der Waals surface area contributed by atoms with Gasteiger partial charge in [0.1, 0.15) is 0 Å². The monoisotopic (exact) mass is 400 g/mol. The number of amides is 1.